The third-order valence-electron chi connectivity index (χ3n) is 5.01. The van der Waals surface area contributed by atoms with Gasteiger partial charge in [-0.15, -0.1) is 0 Å². The molecule has 106 valence electrons. The van der Waals surface area contributed by atoms with Crippen LogP contribution in [0, 0.1) is 11.3 Å². The van der Waals surface area contributed by atoms with Crippen LogP contribution in [-0.2, 0) is 4.74 Å². The van der Waals surface area contributed by atoms with Crippen LogP contribution in [0.15, 0.2) is 0 Å². The van der Waals surface area contributed by atoms with Crippen LogP contribution < -0.4 is 5.32 Å². The monoisotopic (exact) mass is 253 g/mol. The first-order chi connectivity index (χ1) is 8.69. The lowest BCUT2D eigenvalue weighted by atomic mass is 9.60. The SMILES string of the molecule is CCNC1CC(OCCCC(C)C)C12CCCC2. The van der Waals surface area contributed by atoms with Gasteiger partial charge in [0.15, 0.2) is 0 Å². The van der Waals surface area contributed by atoms with E-state index in [0.29, 0.717) is 11.5 Å². The van der Waals surface area contributed by atoms with Crippen molar-refractivity contribution in [2.24, 2.45) is 11.3 Å². The maximum atomic E-state index is 6.20. The fourth-order valence-corrected chi connectivity index (χ4v) is 3.94. The number of nitrogens with one attached hydrogen (secondary N) is 1. The van der Waals surface area contributed by atoms with E-state index in [1.54, 1.807) is 0 Å². The van der Waals surface area contributed by atoms with Crippen molar-refractivity contribution in [1.82, 2.24) is 5.32 Å². The summed E-state index contributed by atoms with van der Waals surface area (Å²) in [6.45, 7) is 8.89. The minimum Gasteiger partial charge on any atom is -0.378 e. The largest absolute Gasteiger partial charge is 0.378 e. The molecule has 18 heavy (non-hydrogen) atoms. The summed E-state index contributed by atoms with van der Waals surface area (Å²) < 4.78 is 6.20. The molecule has 2 unspecified atom stereocenters. The molecule has 2 aliphatic rings. The van der Waals surface area contributed by atoms with Crippen LogP contribution in [0.5, 0.6) is 0 Å². The summed E-state index contributed by atoms with van der Waals surface area (Å²) in [5.41, 5.74) is 0.508. The second kappa shape index (κ2) is 6.38. The lowest BCUT2D eigenvalue weighted by Gasteiger charge is -2.54. The average molecular weight is 253 g/mol. The molecular formula is C16H31NO. The zero-order valence-electron chi connectivity index (χ0n) is 12.5. The van der Waals surface area contributed by atoms with Crippen LogP contribution in [-0.4, -0.2) is 25.3 Å². The van der Waals surface area contributed by atoms with Crippen LogP contribution in [0.4, 0.5) is 0 Å². The van der Waals surface area contributed by atoms with Gasteiger partial charge >= 0.3 is 0 Å². The van der Waals surface area contributed by atoms with E-state index >= 15 is 0 Å². The molecule has 2 saturated carbocycles. The Morgan fingerprint density at radius 1 is 1.28 bits per heavy atom. The van der Waals surface area contributed by atoms with Crippen molar-refractivity contribution >= 4 is 0 Å². The molecule has 0 radical (unpaired) electrons. The van der Waals surface area contributed by atoms with Gasteiger partial charge in [-0.2, -0.15) is 0 Å². The Morgan fingerprint density at radius 2 is 2.00 bits per heavy atom. The maximum Gasteiger partial charge on any atom is 0.0661 e. The van der Waals surface area contributed by atoms with Crippen LogP contribution in [0.3, 0.4) is 0 Å². The van der Waals surface area contributed by atoms with E-state index in [9.17, 15) is 0 Å². The molecule has 1 spiro atoms. The highest BCUT2D eigenvalue weighted by Gasteiger charge is 2.56. The highest BCUT2D eigenvalue weighted by molar-refractivity contribution is 5.09. The summed E-state index contributed by atoms with van der Waals surface area (Å²) in [4.78, 5) is 0. The topological polar surface area (TPSA) is 21.3 Å². The summed E-state index contributed by atoms with van der Waals surface area (Å²) in [6, 6.07) is 0.736. The summed E-state index contributed by atoms with van der Waals surface area (Å²) in [6.07, 6.45) is 9.93. The van der Waals surface area contributed by atoms with Gasteiger partial charge in [-0.3, -0.25) is 0 Å². The number of rotatable bonds is 7. The molecule has 2 aliphatic carbocycles. The van der Waals surface area contributed by atoms with Crippen molar-refractivity contribution < 1.29 is 4.74 Å². The molecule has 0 aliphatic heterocycles. The molecule has 2 nitrogen and oxygen atoms in total. The van der Waals surface area contributed by atoms with Gasteiger partial charge in [-0.25, -0.2) is 0 Å². The minimum atomic E-state index is 0.508. The Morgan fingerprint density at radius 3 is 2.61 bits per heavy atom. The number of hydrogen-bond donors (Lipinski definition) is 1. The summed E-state index contributed by atoms with van der Waals surface area (Å²) in [7, 11) is 0. The van der Waals surface area contributed by atoms with Crippen LogP contribution >= 0.6 is 0 Å². The fourth-order valence-electron chi connectivity index (χ4n) is 3.94. The Labute approximate surface area is 113 Å². The normalized spacial score (nSPS) is 30.0. The smallest absolute Gasteiger partial charge is 0.0661 e. The minimum absolute atomic E-state index is 0.508. The van der Waals surface area contributed by atoms with Crippen molar-refractivity contribution in [3.8, 4) is 0 Å². The Hall–Kier alpha value is -0.0800. The van der Waals surface area contributed by atoms with Crippen LogP contribution in [0.2, 0.25) is 0 Å². The lowest BCUT2D eigenvalue weighted by molar-refractivity contribution is -0.133. The first-order valence-corrected chi connectivity index (χ1v) is 8.04. The van der Waals surface area contributed by atoms with Gasteiger partial charge in [-0.05, 0) is 44.6 Å². The molecule has 2 rings (SSSR count). The second-order valence-corrected chi connectivity index (χ2v) is 6.68. The third kappa shape index (κ3) is 2.91. The molecule has 0 bridgehead atoms. The standard InChI is InChI=1S/C16H31NO/c1-4-17-14-12-15(16(14)9-5-6-10-16)18-11-7-8-13(2)3/h13-15,17H,4-12H2,1-3H3. The lowest BCUT2D eigenvalue weighted by Crippen LogP contribution is -2.62. The highest BCUT2D eigenvalue weighted by atomic mass is 16.5. The molecule has 0 aromatic heterocycles. The second-order valence-electron chi connectivity index (χ2n) is 6.68. The average Bonchev–Trinajstić information content (AvgIpc) is 2.83. The fraction of sp³-hybridized carbons (Fsp3) is 1.00. The van der Waals surface area contributed by atoms with E-state index in [0.717, 1.165) is 25.1 Å². The Kier molecular flexibility index (Phi) is 5.08. The summed E-state index contributed by atoms with van der Waals surface area (Å²) in [5, 5.41) is 3.67. The predicted molar refractivity (Wildman–Crippen MR) is 76.8 cm³/mol. The molecule has 0 saturated heterocycles. The van der Waals surface area contributed by atoms with Gasteiger partial charge in [0.2, 0.25) is 0 Å². The molecule has 2 heteroatoms. The molecule has 0 aromatic rings. The van der Waals surface area contributed by atoms with Crippen molar-refractivity contribution in [3.63, 3.8) is 0 Å². The Balaban J connectivity index is 1.76. The van der Waals surface area contributed by atoms with E-state index in [-0.39, 0.29) is 0 Å². The number of hydrogen-bond acceptors (Lipinski definition) is 2. The van der Waals surface area contributed by atoms with Gasteiger partial charge in [0.1, 0.15) is 0 Å². The van der Waals surface area contributed by atoms with E-state index in [2.05, 4.69) is 26.1 Å². The van der Waals surface area contributed by atoms with Gasteiger partial charge in [-0.1, -0.05) is 33.6 Å². The van der Waals surface area contributed by atoms with Gasteiger partial charge in [0.25, 0.3) is 0 Å². The van der Waals surface area contributed by atoms with E-state index in [4.69, 9.17) is 4.74 Å². The van der Waals surface area contributed by atoms with Crippen molar-refractivity contribution in [2.75, 3.05) is 13.2 Å². The third-order valence-corrected chi connectivity index (χ3v) is 5.01. The van der Waals surface area contributed by atoms with Crippen LogP contribution in [0.25, 0.3) is 0 Å². The first kappa shape index (κ1) is 14.3. The Bertz CT molecular complexity index is 245. The molecule has 0 heterocycles. The predicted octanol–water partition coefficient (Wildman–Crippen LogP) is 3.75. The van der Waals surface area contributed by atoms with E-state index in [1.807, 2.05) is 0 Å². The van der Waals surface area contributed by atoms with Gasteiger partial charge in [0, 0.05) is 18.1 Å². The maximum absolute atomic E-state index is 6.20. The van der Waals surface area contributed by atoms with Gasteiger partial charge < -0.3 is 10.1 Å². The molecule has 2 fully saturated rings. The van der Waals surface area contributed by atoms with Crippen molar-refractivity contribution in [1.29, 1.82) is 0 Å². The number of ether oxygens (including phenoxy) is 1. The van der Waals surface area contributed by atoms with Crippen LogP contribution in [0.1, 0.15) is 65.7 Å². The van der Waals surface area contributed by atoms with E-state index < -0.39 is 0 Å². The molecule has 0 aromatic carbocycles. The zero-order valence-corrected chi connectivity index (χ0v) is 12.5. The zero-order chi connectivity index (χ0) is 13.0. The van der Waals surface area contributed by atoms with Crippen molar-refractivity contribution in [3.05, 3.63) is 0 Å². The molecule has 1 N–H and O–H groups in total. The summed E-state index contributed by atoms with van der Waals surface area (Å²) in [5.74, 6) is 0.810. The quantitative estimate of drug-likeness (QED) is 0.698. The highest BCUT2D eigenvalue weighted by Crippen LogP contribution is 2.54. The van der Waals surface area contributed by atoms with Crippen molar-refractivity contribution in [2.45, 2.75) is 77.9 Å². The van der Waals surface area contributed by atoms with E-state index in [1.165, 1.54) is 44.9 Å². The molecule has 2 atom stereocenters. The first-order valence-electron chi connectivity index (χ1n) is 8.04. The molecular weight excluding hydrogens is 222 g/mol. The summed E-state index contributed by atoms with van der Waals surface area (Å²) >= 11 is 0. The van der Waals surface area contributed by atoms with Gasteiger partial charge in [0.05, 0.1) is 6.10 Å². The molecule has 0 amide bonds.